The van der Waals surface area contributed by atoms with Crippen molar-refractivity contribution in [1.29, 1.82) is 0 Å². The molecule has 1 heterocycles. The average molecular weight is 377 g/mol. The van der Waals surface area contributed by atoms with Crippen LogP contribution in [0.1, 0.15) is 25.2 Å². The molecular formula is C13H11ClFIN2. The molecule has 0 amide bonds. The van der Waals surface area contributed by atoms with E-state index in [1.54, 1.807) is 18.3 Å². The lowest BCUT2D eigenvalue weighted by Gasteiger charge is -2.23. The Hall–Kier alpha value is -0.750. The zero-order valence-electron chi connectivity index (χ0n) is 9.92. The highest BCUT2D eigenvalue weighted by Crippen LogP contribution is 2.30. The van der Waals surface area contributed by atoms with E-state index < -0.39 is 5.41 Å². The Balaban J connectivity index is 2.46. The zero-order chi connectivity index (χ0) is 13.3. The van der Waals surface area contributed by atoms with Gasteiger partial charge in [0.05, 0.1) is 3.57 Å². The van der Waals surface area contributed by atoms with E-state index in [2.05, 4.69) is 32.6 Å². The van der Waals surface area contributed by atoms with E-state index in [0.29, 0.717) is 11.0 Å². The first-order valence-electron chi connectivity index (χ1n) is 5.36. The summed E-state index contributed by atoms with van der Waals surface area (Å²) in [6.45, 7) is 3.97. The van der Waals surface area contributed by atoms with Crippen LogP contribution in [-0.4, -0.2) is 9.97 Å². The van der Waals surface area contributed by atoms with Crippen molar-refractivity contribution in [3.63, 3.8) is 0 Å². The van der Waals surface area contributed by atoms with E-state index in [1.165, 1.54) is 12.1 Å². The number of halogens is 3. The molecule has 94 valence electrons. The maximum absolute atomic E-state index is 12.9. The topological polar surface area (TPSA) is 25.8 Å². The van der Waals surface area contributed by atoms with Crippen molar-refractivity contribution < 1.29 is 4.39 Å². The van der Waals surface area contributed by atoms with Crippen LogP contribution in [0.5, 0.6) is 0 Å². The highest BCUT2D eigenvalue weighted by atomic mass is 127. The van der Waals surface area contributed by atoms with Crippen LogP contribution in [-0.2, 0) is 5.41 Å². The van der Waals surface area contributed by atoms with Crippen LogP contribution < -0.4 is 0 Å². The summed E-state index contributed by atoms with van der Waals surface area (Å²) in [6.07, 6.45) is 1.69. The van der Waals surface area contributed by atoms with Crippen LogP contribution in [0.3, 0.4) is 0 Å². The number of hydrogen-bond donors (Lipinski definition) is 0. The molecule has 0 saturated heterocycles. The first-order valence-corrected chi connectivity index (χ1v) is 6.81. The summed E-state index contributed by atoms with van der Waals surface area (Å²) in [7, 11) is 0. The SMILES string of the molecule is CC(C)(c1ccc(F)cc1)c1ncc(I)c(Cl)n1. The summed E-state index contributed by atoms with van der Waals surface area (Å²) in [5, 5.41) is 0.441. The Morgan fingerprint density at radius 2 is 1.83 bits per heavy atom. The molecule has 0 unspecified atom stereocenters. The molecule has 2 rings (SSSR count). The zero-order valence-corrected chi connectivity index (χ0v) is 12.8. The van der Waals surface area contributed by atoms with Gasteiger partial charge in [0.2, 0.25) is 0 Å². The molecule has 0 atom stereocenters. The minimum Gasteiger partial charge on any atom is -0.239 e. The Bertz CT molecular complexity index is 570. The fraction of sp³-hybridized carbons (Fsp3) is 0.231. The molecule has 0 bridgehead atoms. The van der Waals surface area contributed by atoms with Crippen molar-refractivity contribution in [1.82, 2.24) is 9.97 Å². The van der Waals surface area contributed by atoms with Gasteiger partial charge in [-0.05, 0) is 54.1 Å². The average Bonchev–Trinajstić information content (AvgIpc) is 2.33. The third-order valence-electron chi connectivity index (χ3n) is 2.83. The number of hydrogen-bond acceptors (Lipinski definition) is 2. The first kappa shape index (κ1) is 13.7. The lowest BCUT2D eigenvalue weighted by atomic mass is 9.84. The smallest absolute Gasteiger partial charge is 0.146 e. The molecular weight excluding hydrogens is 366 g/mol. The van der Waals surface area contributed by atoms with Crippen molar-refractivity contribution in [2.45, 2.75) is 19.3 Å². The van der Waals surface area contributed by atoms with E-state index >= 15 is 0 Å². The molecule has 0 aliphatic rings. The molecule has 2 nitrogen and oxygen atoms in total. The molecule has 0 N–H and O–H groups in total. The third-order valence-corrected chi connectivity index (χ3v) is 4.22. The standard InChI is InChI=1S/C13H11ClFIN2/c1-13(2,8-3-5-9(15)6-4-8)12-17-7-10(16)11(14)18-12/h3-7H,1-2H3. The van der Waals surface area contributed by atoms with Crippen molar-refractivity contribution in [2.24, 2.45) is 0 Å². The van der Waals surface area contributed by atoms with Crippen molar-refractivity contribution >= 4 is 34.2 Å². The molecule has 0 saturated carbocycles. The minimum absolute atomic E-state index is 0.254. The highest BCUT2D eigenvalue weighted by molar-refractivity contribution is 14.1. The van der Waals surface area contributed by atoms with Gasteiger partial charge in [0.15, 0.2) is 0 Å². The Kier molecular flexibility index (Phi) is 3.87. The summed E-state index contributed by atoms with van der Waals surface area (Å²) in [5.41, 5.74) is 0.531. The van der Waals surface area contributed by atoms with Gasteiger partial charge in [0.1, 0.15) is 16.8 Å². The largest absolute Gasteiger partial charge is 0.239 e. The van der Waals surface area contributed by atoms with Crippen LogP contribution in [0.2, 0.25) is 5.15 Å². The van der Waals surface area contributed by atoms with Gasteiger partial charge < -0.3 is 0 Å². The van der Waals surface area contributed by atoms with Crippen LogP contribution in [0.25, 0.3) is 0 Å². The number of rotatable bonds is 2. The Labute approximate surface area is 124 Å². The second-order valence-corrected chi connectivity index (χ2v) is 5.98. The Morgan fingerprint density at radius 1 is 1.22 bits per heavy atom. The van der Waals surface area contributed by atoms with E-state index in [-0.39, 0.29) is 5.82 Å². The van der Waals surface area contributed by atoms with Gasteiger partial charge in [-0.2, -0.15) is 0 Å². The van der Waals surface area contributed by atoms with Gasteiger partial charge in [0, 0.05) is 11.6 Å². The number of nitrogens with zero attached hydrogens (tertiary/aromatic N) is 2. The second-order valence-electron chi connectivity index (χ2n) is 4.46. The number of benzene rings is 1. The molecule has 1 aromatic carbocycles. The van der Waals surface area contributed by atoms with Crippen molar-refractivity contribution in [3.8, 4) is 0 Å². The van der Waals surface area contributed by atoms with E-state index in [9.17, 15) is 4.39 Å². The van der Waals surface area contributed by atoms with Crippen LogP contribution in [0, 0.1) is 9.39 Å². The monoisotopic (exact) mass is 376 g/mol. The van der Waals surface area contributed by atoms with Gasteiger partial charge in [-0.15, -0.1) is 0 Å². The van der Waals surface area contributed by atoms with Crippen molar-refractivity contribution in [3.05, 3.63) is 56.4 Å². The van der Waals surface area contributed by atoms with E-state index in [0.717, 1.165) is 9.13 Å². The van der Waals surface area contributed by atoms with Gasteiger partial charge in [-0.1, -0.05) is 23.7 Å². The molecule has 18 heavy (non-hydrogen) atoms. The fourth-order valence-electron chi connectivity index (χ4n) is 1.64. The summed E-state index contributed by atoms with van der Waals surface area (Å²) >= 11 is 8.10. The molecule has 2 aromatic rings. The molecule has 5 heteroatoms. The molecule has 1 aromatic heterocycles. The molecule has 0 spiro atoms. The van der Waals surface area contributed by atoms with Crippen LogP contribution in [0.15, 0.2) is 30.5 Å². The van der Waals surface area contributed by atoms with Crippen LogP contribution in [0.4, 0.5) is 4.39 Å². The summed E-state index contributed by atoms with van der Waals surface area (Å²) in [5.74, 6) is 0.371. The van der Waals surface area contributed by atoms with Gasteiger partial charge in [-0.25, -0.2) is 14.4 Å². The normalized spacial score (nSPS) is 11.6. The van der Waals surface area contributed by atoms with Crippen molar-refractivity contribution in [2.75, 3.05) is 0 Å². The molecule has 0 fully saturated rings. The van der Waals surface area contributed by atoms with Gasteiger partial charge in [0.25, 0.3) is 0 Å². The number of aromatic nitrogens is 2. The van der Waals surface area contributed by atoms with E-state index in [1.807, 2.05) is 13.8 Å². The maximum Gasteiger partial charge on any atom is 0.146 e. The van der Waals surface area contributed by atoms with Gasteiger partial charge >= 0.3 is 0 Å². The molecule has 0 aliphatic heterocycles. The maximum atomic E-state index is 12.9. The predicted molar refractivity (Wildman–Crippen MR) is 78.3 cm³/mol. The summed E-state index contributed by atoms with van der Waals surface area (Å²) < 4.78 is 13.8. The third kappa shape index (κ3) is 2.64. The van der Waals surface area contributed by atoms with Gasteiger partial charge in [-0.3, -0.25) is 0 Å². The lowest BCUT2D eigenvalue weighted by Crippen LogP contribution is -2.22. The lowest BCUT2D eigenvalue weighted by molar-refractivity contribution is 0.582. The fourth-order valence-corrected chi connectivity index (χ4v) is 2.03. The summed E-state index contributed by atoms with van der Waals surface area (Å²) in [4.78, 5) is 8.61. The molecule has 0 radical (unpaired) electrons. The predicted octanol–water partition coefficient (Wildman–Crippen LogP) is 4.20. The molecule has 0 aliphatic carbocycles. The van der Waals surface area contributed by atoms with E-state index in [4.69, 9.17) is 11.6 Å². The quantitative estimate of drug-likeness (QED) is 0.580. The highest BCUT2D eigenvalue weighted by Gasteiger charge is 2.26. The minimum atomic E-state index is -0.415. The first-order chi connectivity index (χ1) is 8.41. The summed E-state index contributed by atoms with van der Waals surface area (Å²) in [6, 6.07) is 6.35. The second kappa shape index (κ2) is 5.09. The Morgan fingerprint density at radius 3 is 2.39 bits per heavy atom. The van der Waals surface area contributed by atoms with Crippen LogP contribution >= 0.6 is 34.2 Å².